The van der Waals surface area contributed by atoms with Gasteiger partial charge in [-0.2, -0.15) is 10.4 Å². The number of hydrogen-bond acceptors (Lipinski definition) is 5. The highest BCUT2D eigenvalue weighted by molar-refractivity contribution is 5.95. The largest absolute Gasteiger partial charge is 0.494 e. The molecule has 0 aliphatic carbocycles. The van der Waals surface area contributed by atoms with Crippen LogP contribution >= 0.6 is 0 Å². The number of nitrogens with one attached hydrogen (secondary N) is 1. The Kier molecular flexibility index (Phi) is 6.68. The van der Waals surface area contributed by atoms with Crippen LogP contribution in [0.15, 0.2) is 41.5 Å². The second-order valence-corrected chi connectivity index (χ2v) is 5.07. The molecule has 134 valence electrons. The van der Waals surface area contributed by atoms with Gasteiger partial charge < -0.3 is 9.47 Å². The van der Waals surface area contributed by atoms with Crippen LogP contribution in [0.3, 0.4) is 0 Å². The van der Waals surface area contributed by atoms with Gasteiger partial charge in [-0.25, -0.2) is 9.82 Å². The summed E-state index contributed by atoms with van der Waals surface area (Å²) in [5.74, 6) is -0.280. The molecule has 1 amide bonds. The lowest BCUT2D eigenvalue weighted by Gasteiger charge is -2.10. The second-order valence-electron chi connectivity index (χ2n) is 5.07. The highest BCUT2D eigenvalue weighted by Gasteiger charge is 2.11. The molecule has 0 spiro atoms. The number of nitrogens with zero attached hydrogens (tertiary/aromatic N) is 2. The Morgan fingerprint density at radius 2 is 2.00 bits per heavy atom. The molecule has 2 aromatic carbocycles. The van der Waals surface area contributed by atoms with Gasteiger partial charge in [-0.15, -0.1) is 0 Å². The van der Waals surface area contributed by atoms with Crippen molar-refractivity contribution in [2.24, 2.45) is 5.10 Å². The summed E-state index contributed by atoms with van der Waals surface area (Å²) in [7, 11) is 0. The van der Waals surface area contributed by atoms with E-state index < -0.39 is 11.7 Å². The van der Waals surface area contributed by atoms with E-state index in [0.29, 0.717) is 30.3 Å². The molecule has 2 rings (SSSR count). The molecule has 0 saturated carbocycles. The van der Waals surface area contributed by atoms with Crippen molar-refractivity contribution in [3.05, 3.63) is 58.9 Å². The predicted octanol–water partition coefficient (Wildman–Crippen LogP) is 3.26. The minimum Gasteiger partial charge on any atom is -0.494 e. The van der Waals surface area contributed by atoms with Gasteiger partial charge in [0, 0.05) is 11.6 Å². The molecule has 1 N–H and O–H groups in total. The van der Waals surface area contributed by atoms with E-state index in [4.69, 9.17) is 14.7 Å². The van der Waals surface area contributed by atoms with Crippen LogP contribution in [0, 0.1) is 17.1 Å². The van der Waals surface area contributed by atoms with Crippen molar-refractivity contribution in [3.63, 3.8) is 0 Å². The van der Waals surface area contributed by atoms with Gasteiger partial charge in [0.25, 0.3) is 5.91 Å². The summed E-state index contributed by atoms with van der Waals surface area (Å²) < 4.78 is 24.8. The Morgan fingerprint density at radius 3 is 2.65 bits per heavy atom. The fraction of sp³-hybridized carbons (Fsp3) is 0.211. The fourth-order valence-electron chi connectivity index (χ4n) is 2.15. The van der Waals surface area contributed by atoms with Crippen molar-refractivity contribution in [2.75, 3.05) is 13.2 Å². The summed E-state index contributed by atoms with van der Waals surface area (Å²) in [6, 6.07) is 10.6. The summed E-state index contributed by atoms with van der Waals surface area (Å²) in [6.45, 7) is 4.72. The van der Waals surface area contributed by atoms with Crippen molar-refractivity contribution >= 4 is 12.1 Å². The van der Waals surface area contributed by atoms with E-state index in [2.05, 4.69) is 10.5 Å². The molecule has 0 atom stereocenters. The molecule has 0 aliphatic rings. The third-order valence-electron chi connectivity index (χ3n) is 3.31. The van der Waals surface area contributed by atoms with Gasteiger partial charge >= 0.3 is 0 Å². The summed E-state index contributed by atoms with van der Waals surface area (Å²) >= 11 is 0. The molecule has 0 radical (unpaired) electrons. The molecule has 0 aromatic heterocycles. The van der Waals surface area contributed by atoms with E-state index in [-0.39, 0.29) is 11.1 Å². The van der Waals surface area contributed by atoms with Crippen LogP contribution in [-0.2, 0) is 0 Å². The quantitative estimate of drug-likeness (QED) is 0.610. The standard InChI is InChI=1S/C19H18FN3O3/c1-3-25-15-7-6-14(18(10-15)26-4-2)12-22-23-19(24)16-8-5-13(11-21)9-17(16)20/h5-10,12H,3-4H2,1-2H3,(H,23,24)/b22-12-. The number of amides is 1. The van der Waals surface area contributed by atoms with Crippen molar-refractivity contribution in [3.8, 4) is 17.6 Å². The number of halogens is 1. The molecular formula is C19H18FN3O3. The Hall–Kier alpha value is -3.40. The van der Waals surface area contributed by atoms with Gasteiger partial charge in [-0.05, 0) is 44.2 Å². The van der Waals surface area contributed by atoms with Crippen LogP contribution in [-0.4, -0.2) is 25.3 Å². The first-order valence-electron chi connectivity index (χ1n) is 8.01. The maximum atomic E-state index is 13.8. The van der Waals surface area contributed by atoms with E-state index in [1.54, 1.807) is 24.3 Å². The van der Waals surface area contributed by atoms with Crippen LogP contribution in [0.4, 0.5) is 4.39 Å². The molecular weight excluding hydrogens is 337 g/mol. The third-order valence-corrected chi connectivity index (χ3v) is 3.31. The van der Waals surface area contributed by atoms with E-state index >= 15 is 0 Å². The van der Waals surface area contributed by atoms with Crippen LogP contribution in [0.25, 0.3) is 0 Å². The number of carbonyl (C=O) groups excluding carboxylic acids is 1. The van der Waals surface area contributed by atoms with E-state index in [9.17, 15) is 9.18 Å². The predicted molar refractivity (Wildman–Crippen MR) is 95.0 cm³/mol. The second kappa shape index (κ2) is 9.18. The van der Waals surface area contributed by atoms with Crippen LogP contribution in [0.1, 0.15) is 35.3 Å². The summed E-state index contributed by atoms with van der Waals surface area (Å²) in [4.78, 5) is 12.0. The first-order valence-corrected chi connectivity index (χ1v) is 8.01. The van der Waals surface area contributed by atoms with Gasteiger partial charge in [0.05, 0.1) is 36.6 Å². The average Bonchev–Trinajstić information content (AvgIpc) is 2.63. The number of nitriles is 1. The monoisotopic (exact) mass is 355 g/mol. The average molecular weight is 355 g/mol. The van der Waals surface area contributed by atoms with E-state index in [1.165, 1.54) is 18.3 Å². The van der Waals surface area contributed by atoms with E-state index in [0.717, 1.165) is 6.07 Å². The molecule has 2 aromatic rings. The number of benzene rings is 2. The zero-order valence-electron chi connectivity index (χ0n) is 14.5. The first kappa shape index (κ1) is 18.9. The molecule has 0 fully saturated rings. The van der Waals surface area contributed by atoms with Crippen LogP contribution in [0.2, 0.25) is 0 Å². The van der Waals surface area contributed by atoms with Gasteiger partial charge in [0.1, 0.15) is 17.3 Å². The Balaban J connectivity index is 2.12. The molecule has 6 nitrogen and oxygen atoms in total. The topological polar surface area (TPSA) is 83.7 Å². The Bertz CT molecular complexity index is 860. The lowest BCUT2D eigenvalue weighted by molar-refractivity contribution is 0.0951. The first-order chi connectivity index (χ1) is 12.6. The highest BCUT2D eigenvalue weighted by Crippen LogP contribution is 2.24. The number of carbonyl (C=O) groups is 1. The molecule has 0 bridgehead atoms. The van der Waals surface area contributed by atoms with Crippen molar-refractivity contribution in [1.82, 2.24) is 5.43 Å². The molecule has 0 heterocycles. The molecule has 7 heteroatoms. The molecule has 26 heavy (non-hydrogen) atoms. The molecule has 0 aliphatic heterocycles. The smallest absolute Gasteiger partial charge is 0.274 e. The van der Waals surface area contributed by atoms with Crippen LogP contribution < -0.4 is 14.9 Å². The van der Waals surface area contributed by atoms with E-state index in [1.807, 2.05) is 13.8 Å². The van der Waals surface area contributed by atoms with Gasteiger partial charge in [0.2, 0.25) is 0 Å². The normalized spacial score (nSPS) is 10.4. The number of ether oxygens (including phenoxy) is 2. The Labute approximate surface area is 150 Å². The summed E-state index contributed by atoms with van der Waals surface area (Å²) in [5, 5.41) is 12.6. The third kappa shape index (κ3) is 4.80. The zero-order chi connectivity index (χ0) is 18.9. The SMILES string of the molecule is CCOc1ccc(/C=N\NC(=O)c2ccc(C#N)cc2F)c(OCC)c1. The number of rotatable bonds is 7. The fourth-order valence-corrected chi connectivity index (χ4v) is 2.15. The maximum absolute atomic E-state index is 13.8. The summed E-state index contributed by atoms with van der Waals surface area (Å²) in [6.07, 6.45) is 1.40. The number of hydrogen-bond donors (Lipinski definition) is 1. The van der Waals surface area contributed by atoms with Crippen LogP contribution in [0.5, 0.6) is 11.5 Å². The van der Waals surface area contributed by atoms with Crippen molar-refractivity contribution in [2.45, 2.75) is 13.8 Å². The maximum Gasteiger partial charge on any atom is 0.274 e. The Morgan fingerprint density at radius 1 is 1.23 bits per heavy atom. The zero-order valence-corrected chi connectivity index (χ0v) is 14.5. The van der Waals surface area contributed by atoms with Crippen molar-refractivity contribution < 1.29 is 18.7 Å². The van der Waals surface area contributed by atoms with Gasteiger partial charge in [0.15, 0.2) is 0 Å². The molecule has 0 unspecified atom stereocenters. The minimum absolute atomic E-state index is 0.137. The lowest BCUT2D eigenvalue weighted by Crippen LogP contribution is -2.19. The minimum atomic E-state index is -0.784. The lowest BCUT2D eigenvalue weighted by atomic mass is 10.1. The highest BCUT2D eigenvalue weighted by atomic mass is 19.1. The van der Waals surface area contributed by atoms with Crippen molar-refractivity contribution in [1.29, 1.82) is 5.26 Å². The van der Waals surface area contributed by atoms with Gasteiger partial charge in [-0.3, -0.25) is 4.79 Å². The molecule has 0 saturated heterocycles. The number of hydrazone groups is 1. The summed E-state index contributed by atoms with van der Waals surface area (Å²) in [5.41, 5.74) is 2.83. The van der Waals surface area contributed by atoms with Gasteiger partial charge in [-0.1, -0.05) is 0 Å².